The lowest BCUT2D eigenvalue weighted by Gasteiger charge is -2.38. The molecule has 0 radical (unpaired) electrons. The van der Waals surface area contributed by atoms with E-state index in [-0.39, 0.29) is 18.1 Å². The topological polar surface area (TPSA) is 58.6 Å². The fourth-order valence-corrected chi connectivity index (χ4v) is 2.99. The third-order valence-corrected chi connectivity index (χ3v) is 4.05. The monoisotopic (exact) mass is 261 g/mol. The molecule has 1 saturated carbocycles. The molecule has 0 unspecified atom stereocenters. The molecule has 0 bridgehead atoms. The minimum absolute atomic E-state index is 0.00630. The van der Waals surface area contributed by atoms with E-state index in [0.717, 1.165) is 37.2 Å². The Kier molecular flexibility index (Phi) is 3.19. The molecule has 1 atom stereocenters. The van der Waals surface area contributed by atoms with E-state index in [2.05, 4.69) is 11.4 Å². The van der Waals surface area contributed by atoms with Crippen LogP contribution in [0.15, 0.2) is 18.2 Å². The third-order valence-electron chi connectivity index (χ3n) is 4.05. The summed E-state index contributed by atoms with van der Waals surface area (Å²) in [5.41, 5.74) is 2.34. The molecule has 1 aromatic carbocycles. The Hall–Kier alpha value is -1.55. The minimum atomic E-state index is -0.209. The van der Waals surface area contributed by atoms with Gasteiger partial charge in [0.1, 0.15) is 5.75 Å². The number of amides is 1. The summed E-state index contributed by atoms with van der Waals surface area (Å²) in [4.78, 5) is 11.4. The van der Waals surface area contributed by atoms with Gasteiger partial charge in [-0.15, -0.1) is 0 Å². The minimum Gasteiger partial charge on any atom is -0.493 e. The molecular weight excluding hydrogens is 242 g/mol. The fraction of sp³-hybridized carbons (Fsp3) is 0.533. The Morgan fingerprint density at radius 2 is 2.26 bits per heavy atom. The molecule has 1 amide bonds. The standard InChI is InChI=1S/C15H19NO3/c1-9(17)16-15(12-7-13(18)8-12)11-2-3-14-10(6-11)4-5-19-14/h2-3,6,12-13,15,18H,4-5,7-8H2,1H3,(H,16,17)/t12?,13?,15-/m1/s1. The van der Waals surface area contributed by atoms with Gasteiger partial charge in [-0.25, -0.2) is 0 Å². The molecule has 1 heterocycles. The van der Waals surface area contributed by atoms with Crippen LogP contribution in [0.1, 0.15) is 36.9 Å². The van der Waals surface area contributed by atoms with E-state index in [1.54, 1.807) is 6.92 Å². The summed E-state index contributed by atoms with van der Waals surface area (Å²) < 4.78 is 5.50. The lowest BCUT2D eigenvalue weighted by atomic mass is 9.75. The summed E-state index contributed by atoms with van der Waals surface area (Å²) >= 11 is 0. The van der Waals surface area contributed by atoms with Crippen molar-refractivity contribution in [2.75, 3.05) is 6.61 Å². The van der Waals surface area contributed by atoms with Crippen molar-refractivity contribution in [1.29, 1.82) is 0 Å². The van der Waals surface area contributed by atoms with Crippen molar-refractivity contribution in [2.45, 2.75) is 38.3 Å². The molecule has 102 valence electrons. The molecule has 2 N–H and O–H groups in total. The van der Waals surface area contributed by atoms with Gasteiger partial charge in [-0.2, -0.15) is 0 Å². The number of carbonyl (C=O) groups is 1. The highest BCUT2D eigenvalue weighted by Gasteiger charge is 2.35. The van der Waals surface area contributed by atoms with Crippen molar-refractivity contribution < 1.29 is 14.6 Å². The first-order valence-electron chi connectivity index (χ1n) is 6.84. The lowest BCUT2D eigenvalue weighted by molar-refractivity contribution is -0.120. The van der Waals surface area contributed by atoms with Crippen LogP contribution in [0.4, 0.5) is 0 Å². The second kappa shape index (κ2) is 4.85. The summed E-state index contributed by atoms with van der Waals surface area (Å²) in [5.74, 6) is 1.27. The van der Waals surface area contributed by atoms with Gasteiger partial charge in [0.25, 0.3) is 0 Å². The van der Waals surface area contributed by atoms with E-state index in [4.69, 9.17) is 4.74 Å². The molecule has 1 aromatic rings. The highest BCUT2D eigenvalue weighted by molar-refractivity contribution is 5.73. The van der Waals surface area contributed by atoms with Gasteiger partial charge < -0.3 is 15.2 Å². The zero-order valence-electron chi connectivity index (χ0n) is 11.1. The summed E-state index contributed by atoms with van der Waals surface area (Å²) in [5, 5.41) is 12.5. The second-order valence-electron chi connectivity index (χ2n) is 5.53. The van der Waals surface area contributed by atoms with Gasteiger partial charge in [0.15, 0.2) is 0 Å². The number of nitrogens with one attached hydrogen (secondary N) is 1. The fourth-order valence-electron chi connectivity index (χ4n) is 2.99. The lowest BCUT2D eigenvalue weighted by Crippen LogP contribution is -2.40. The number of rotatable bonds is 3. The number of fused-ring (bicyclic) bond motifs is 1. The van der Waals surface area contributed by atoms with E-state index in [9.17, 15) is 9.90 Å². The Morgan fingerprint density at radius 1 is 1.47 bits per heavy atom. The normalized spacial score (nSPS) is 26.0. The highest BCUT2D eigenvalue weighted by Crippen LogP contribution is 2.39. The van der Waals surface area contributed by atoms with Crippen molar-refractivity contribution in [1.82, 2.24) is 5.32 Å². The first-order chi connectivity index (χ1) is 9.13. The van der Waals surface area contributed by atoms with Crippen molar-refractivity contribution in [3.8, 4) is 5.75 Å². The van der Waals surface area contributed by atoms with Crippen LogP contribution >= 0.6 is 0 Å². The number of aliphatic hydroxyl groups excluding tert-OH is 1. The van der Waals surface area contributed by atoms with Gasteiger partial charge in [-0.3, -0.25) is 4.79 Å². The summed E-state index contributed by atoms with van der Waals surface area (Å²) in [6.07, 6.45) is 2.25. The molecule has 0 aromatic heterocycles. The number of carbonyl (C=O) groups excluding carboxylic acids is 1. The molecule has 3 rings (SSSR count). The zero-order valence-corrected chi connectivity index (χ0v) is 11.1. The van der Waals surface area contributed by atoms with Gasteiger partial charge in [0.2, 0.25) is 5.91 Å². The van der Waals surface area contributed by atoms with E-state index in [1.165, 1.54) is 5.56 Å². The Bertz CT molecular complexity index is 494. The quantitative estimate of drug-likeness (QED) is 0.868. The van der Waals surface area contributed by atoms with Crippen LogP contribution in [0.25, 0.3) is 0 Å². The van der Waals surface area contributed by atoms with Crippen molar-refractivity contribution in [3.05, 3.63) is 29.3 Å². The summed E-state index contributed by atoms with van der Waals surface area (Å²) in [6, 6.07) is 6.15. The van der Waals surface area contributed by atoms with Crippen LogP contribution in [0.3, 0.4) is 0 Å². The van der Waals surface area contributed by atoms with E-state index < -0.39 is 0 Å². The van der Waals surface area contributed by atoms with Crippen LogP contribution < -0.4 is 10.1 Å². The maximum absolute atomic E-state index is 11.4. The van der Waals surface area contributed by atoms with Crippen LogP contribution in [0, 0.1) is 5.92 Å². The Labute approximate surface area is 112 Å². The first-order valence-corrected chi connectivity index (χ1v) is 6.84. The molecule has 4 nitrogen and oxygen atoms in total. The predicted octanol–water partition coefficient (Wildman–Crippen LogP) is 1.57. The molecular formula is C15H19NO3. The number of aliphatic hydroxyl groups is 1. The molecule has 2 aliphatic rings. The average molecular weight is 261 g/mol. The molecule has 1 aliphatic heterocycles. The first kappa shape index (κ1) is 12.5. The molecule has 1 aliphatic carbocycles. The Morgan fingerprint density at radius 3 is 2.95 bits per heavy atom. The largest absolute Gasteiger partial charge is 0.493 e. The van der Waals surface area contributed by atoms with Gasteiger partial charge in [-0.1, -0.05) is 6.07 Å². The van der Waals surface area contributed by atoms with Crippen molar-refractivity contribution >= 4 is 5.91 Å². The smallest absolute Gasteiger partial charge is 0.217 e. The predicted molar refractivity (Wildman–Crippen MR) is 70.9 cm³/mol. The number of hydrogen-bond acceptors (Lipinski definition) is 3. The van der Waals surface area contributed by atoms with Gasteiger partial charge in [0.05, 0.1) is 18.8 Å². The SMILES string of the molecule is CC(=O)N[C@H](c1ccc2c(c1)CCO2)C1CC(O)C1. The molecule has 4 heteroatoms. The van der Waals surface area contributed by atoms with Crippen LogP contribution in [-0.4, -0.2) is 23.7 Å². The average Bonchev–Trinajstić information content (AvgIpc) is 2.79. The van der Waals surface area contributed by atoms with E-state index in [1.807, 2.05) is 12.1 Å². The number of ether oxygens (including phenoxy) is 1. The van der Waals surface area contributed by atoms with Crippen molar-refractivity contribution in [3.63, 3.8) is 0 Å². The van der Waals surface area contributed by atoms with Crippen LogP contribution in [0.5, 0.6) is 5.75 Å². The summed E-state index contributed by atoms with van der Waals surface area (Å²) in [7, 11) is 0. The maximum Gasteiger partial charge on any atom is 0.217 e. The summed E-state index contributed by atoms with van der Waals surface area (Å²) in [6.45, 7) is 2.28. The third kappa shape index (κ3) is 2.45. The maximum atomic E-state index is 11.4. The molecule has 19 heavy (non-hydrogen) atoms. The zero-order chi connectivity index (χ0) is 13.4. The molecule has 0 saturated heterocycles. The van der Waals surface area contributed by atoms with E-state index >= 15 is 0 Å². The van der Waals surface area contributed by atoms with Crippen LogP contribution in [0.2, 0.25) is 0 Å². The molecule has 1 fully saturated rings. The molecule has 0 spiro atoms. The van der Waals surface area contributed by atoms with Gasteiger partial charge in [0, 0.05) is 13.3 Å². The van der Waals surface area contributed by atoms with E-state index in [0.29, 0.717) is 5.92 Å². The second-order valence-corrected chi connectivity index (χ2v) is 5.53. The Balaban J connectivity index is 1.84. The van der Waals surface area contributed by atoms with Gasteiger partial charge in [-0.05, 0) is 42.0 Å². The van der Waals surface area contributed by atoms with Gasteiger partial charge >= 0.3 is 0 Å². The number of benzene rings is 1. The highest BCUT2D eigenvalue weighted by atomic mass is 16.5. The van der Waals surface area contributed by atoms with Crippen molar-refractivity contribution in [2.24, 2.45) is 5.92 Å². The van der Waals surface area contributed by atoms with Crippen LogP contribution in [-0.2, 0) is 11.2 Å². The number of hydrogen-bond donors (Lipinski definition) is 2.